The fraction of sp³-hybridized carbons (Fsp3) is 0.933. The van der Waals surface area contributed by atoms with Crippen LogP contribution in [0.4, 0.5) is 0 Å². The molecule has 19 heavy (non-hydrogen) atoms. The number of aliphatic imine (C=N–C) groups is 1. The number of guanidine groups is 1. The molecule has 2 N–H and O–H groups in total. The molecule has 1 saturated heterocycles. The van der Waals surface area contributed by atoms with E-state index in [4.69, 9.17) is 0 Å². The maximum Gasteiger partial charge on any atom is 0.191 e. The van der Waals surface area contributed by atoms with Crippen LogP contribution >= 0.6 is 0 Å². The van der Waals surface area contributed by atoms with Gasteiger partial charge in [-0.25, -0.2) is 0 Å². The average Bonchev–Trinajstić information content (AvgIpc) is 2.37. The molecule has 2 rings (SSSR count). The molecular weight excluding hydrogens is 236 g/mol. The zero-order valence-corrected chi connectivity index (χ0v) is 13.0. The van der Waals surface area contributed by atoms with Crippen LogP contribution in [0, 0.1) is 11.8 Å². The molecule has 2 aliphatic heterocycles. The van der Waals surface area contributed by atoms with Crippen molar-refractivity contribution < 1.29 is 0 Å². The van der Waals surface area contributed by atoms with Crippen LogP contribution in [0.5, 0.6) is 0 Å². The van der Waals surface area contributed by atoms with Gasteiger partial charge in [-0.1, -0.05) is 13.8 Å². The minimum Gasteiger partial charge on any atom is -0.356 e. The second kappa shape index (κ2) is 6.12. The first kappa shape index (κ1) is 14.6. The largest absolute Gasteiger partial charge is 0.356 e. The van der Waals surface area contributed by atoms with Gasteiger partial charge in [-0.3, -0.25) is 9.89 Å². The van der Waals surface area contributed by atoms with Crippen molar-refractivity contribution in [3.05, 3.63) is 0 Å². The van der Waals surface area contributed by atoms with Crippen molar-refractivity contribution in [2.45, 2.75) is 46.1 Å². The third kappa shape index (κ3) is 4.10. The lowest BCUT2D eigenvalue weighted by Gasteiger charge is -2.45. The maximum absolute atomic E-state index is 4.48. The van der Waals surface area contributed by atoms with Crippen molar-refractivity contribution in [2.75, 3.05) is 32.7 Å². The summed E-state index contributed by atoms with van der Waals surface area (Å²) in [6, 6.07) is 0. The summed E-state index contributed by atoms with van der Waals surface area (Å²) in [4.78, 5) is 7.12. The summed E-state index contributed by atoms with van der Waals surface area (Å²) >= 11 is 0. The van der Waals surface area contributed by atoms with E-state index in [1.54, 1.807) is 0 Å². The van der Waals surface area contributed by atoms with Gasteiger partial charge in [-0.2, -0.15) is 0 Å². The molecule has 0 saturated carbocycles. The number of rotatable bonds is 3. The summed E-state index contributed by atoms with van der Waals surface area (Å²) < 4.78 is 0. The lowest BCUT2D eigenvalue weighted by molar-refractivity contribution is 0.0483. The molecular formula is C15H30N4. The van der Waals surface area contributed by atoms with Gasteiger partial charge in [-0.15, -0.1) is 0 Å². The molecule has 2 atom stereocenters. The van der Waals surface area contributed by atoms with Gasteiger partial charge in [0.05, 0.1) is 0 Å². The van der Waals surface area contributed by atoms with E-state index in [0.717, 1.165) is 43.9 Å². The molecule has 110 valence electrons. The highest BCUT2D eigenvalue weighted by atomic mass is 15.3. The zero-order valence-electron chi connectivity index (χ0n) is 13.0. The fourth-order valence-electron chi connectivity index (χ4n) is 3.22. The molecule has 0 aliphatic carbocycles. The number of likely N-dealkylation sites (tertiary alicyclic amines) is 1. The Bertz CT molecular complexity index is 314. The van der Waals surface area contributed by atoms with E-state index in [0.29, 0.717) is 0 Å². The standard InChI is InChI=1S/C15H30N4/c1-12-8-13(2)10-19(9-12)15(3,4)11-18-14-16-6-5-7-17-14/h12-13H,5-11H2,1-4H3,(H2,16,17,18). The summed E-state index contributed by atoms with van der Waals surface area (Å²) in [5.74, 6) is 2.61. The van der Waals surface area contributed by atoms with E-state index in [-0.39, 0.29) is 5.54 Å². The van der Waals surface area contributed by atoms with Gasteiger partial charge in [0.2, 0.25) is 0 Å². The SMILES string of the molecule is CC1CC(C)CN(C(C)(C)CNC2=NCCCN2)C1. The highest BCUT2D eigenvalue weighted by Gasteiger charge is 2.32. The normalized spacial score (nSPS) is 29.6. The molecule has 0 amide bonds. The first-order valence-electron chi connectivity index (χ1n) is 7.74. The van der Waals surface area contributed by atoms with Gasteiger partial charge in [0.25, 0.3) is 0 Å². The number of nitrogens with one attached hydrogen (secondary N) is 2. The Morgan fingerprint density at radius 3 is 2.58 bits per heavy atom. The highest BCUT2D eigenvalue weighted by Crippen LogP contribution is 2.26. The van der Waals surface area contributed by atoms with Crippen molar-refractivity contribution in [2.24, 2.45) is 16.8 Å². The second-order valence-corrected chi connectivity index (χ2v) is 7.03. The van der Waals surface area contributed by atoms with Crippen molar-refractivity contribution >= 4 is 5.96 Å². The molecule has 2 unspecified atom stereocenters. The molecule has 0 aromatic rings. The average molecular weight is 266 g/mol. The molecule has 0 aromatic carbocycles. The number of nitrogens with zero attached hydrogens (tertiary/aromatic N) is 2. The van der Waals surface area contributed by atoms with E-state index in [1.165, 1.54) is 19.5 Å². The first-order valence-corrected chi connectivity index (χ1v) is 7.74. The van der Waals surface area contributed by atoms with Crippen LogP contribution in [-0.4, -0.2) is 49.1 Å². The third-order valence-corrected chi connectivity index (χ3v) is 4.31. The number of piperidine rings is 1. The molecule has 0 aromatic heterocycles. The maximum atomic E-state index is 4.48. The van der Waals surface area contributed by atoms with Crippen molar-refractivity contribution in [3.63, 3.8) is 0 Å². The van der Waals surface area contributed by atoms with Gasteiger partial charge < -0.3 is 10.6 Å². The molecule has 0 spiro atoms. The smallest absolute Gasteiger partial charge is 0.191 e. The second-order valence-electron chi connectivity index (χ2n) is 7.03. The lowest BCUT2D eigenvalue weighted by atomic mass is 9.88. The number of hydrogen-bond acceptors (Lipinski definition) is 4. The third-order valence-electron chi connectivity index (χ3n) is 4.31. The molecule has 4 nitrogen and oxygen atoms in total. The van der Waals surface area contributed by atoms with E-state index in [2.05, 4.69) is 48.2 Å². The topological polar surface area (TPSA) is 39.7 Å². The Balaban J connectivity index is 1.87. The van der Waals surface area contributed by atoms with Gasteiger partial charge >= 0.3 is 0 Å². The Morgan fingerprint density at radius 2 is 2.00 bits per heavy atom. The summed E-state index contributed by atoms with van der Waals surface area (Å²) in [5, 5.41) is 6.82. The number of hydrogen-bond donors (Lipinski definition) is 2. The van der Waals surface area contributed by atoms with Gasteiger partial charge in [0.15, 0.2) is 5.96 Å². The van der Waals surface area contributed by atoms with Gasteiger partial charge in [0.1, 0.15) is 0 Å². The van der Waals surface area contributed by atoms with Crippen LogP contribution in [0.25, 0.3) is 0 Å². The van der Waals surface area contributed by atoms with Crippen molar-refractivity contribution in [1.29, 1.82) is 0 Å². The molecule has 0 bridgehead atoms. The first-order chi connectivity index (χ1) is 8.97. The van der Waals surface area contributed by atoms with Gasteiger partial charge in [-0.05, 0) is 38.5 Å². The van der Waals surface area contributed by atoms with E-state index < -0.39 is 0 Å². The van der Waals surface area contributed by atoms with Gasteiger partial charge in [0, 0.05) is 38.3 Å². The van der Waals surface area contributed by atoms with E-state index in [9.17, 15) is 0 Å². The summed E-state index contributed by atoms with van der Waals surface area (Å²) in [6.07, 6.45) is 2.52. The lowest BCUT2D eigenvalue weighted by Crippen LogP contribution is -2.57. The Morgan fingerprint density at radius 1 is 1.32 bits per heavy atom. The van der Waals surface area contributed by atoms with Crippen molar-refractivity contribution in [1.82, 2.24) is 15.5 Å². The van der Waals surface area contributed by atoms with Crippen LogP contribution in [0.15, 0.2) is 4.99 Å². The van der Waals surface area contributed by atoms with E-state index >= 15 is 0 Å². The predicted molar refractivity (Wildman–Crippen MR) is 81.5 cm³/mol. The summed E-state index contributed by atoms with van der Waals surface area (Å²) in [6.45, 7) is 14.8. The van der Waals surface area contributed by atoms with E-state index in [1.807, 2.05) is 0 Å². The highest BCUT2D eigenvalue weighted by molar-refractivity contribution is 5.80. The molecule has 2 aliphatic rings. The van der Waals surface area contributed by atoms with Crippen molar-refractivity contribution in [3.8, 4) is 0 Å². The predicted octanol–water partition coefficient (Wildman–Crippen LogP) is 1.68. The quantitative estimate of drug-likeness (QED) is 0.816. The molecule has 0 radical (unpaired) electrons. The summed E-state index contributed by atoms with van der Waals surface area (Å²) in [7, 11) is 0. The Kier molecular flexibility index (Phi) is 4.71. The zero-order chi connectivity index (χ0) is 13.9. The van der Waals surface area contributed by atoms with Crippen LogP contribution in [0.2, 0.25) is 0 Å². The fourth-order valence-corrected chi connectivity index (χ4v) is 3.22. The molecule has 2 heterocycles. The van der Waals surface area contributed by atoms with Crippen LogP contribution in [-0.2, 0) is 0 Å². The Labute approximate surface area is 118 Å². The minimum absolute atomic E-state index is 0.185. The summed E-state index contributed by atoms with van der Waals surface area (Å²) in [5.41, 5.74) is 0.185. The Hall–Kier alpha value is -0.770. The van der Waals surface area contributed by atoms with Crippen LogP contribution in [0.1, 0.15) is 40.5 Å². The minimum atomic E-state index is 0.185. The monoisotopic (exact) mass is 266 g/mol. The molecule has 1 fully saturated rings. The van der Waals surface area contributed by atoms with Crippen LogP contribution in [0.3, 0.4) is 0 Å². The van der Waals surface area contributed by atoms with Crippen LogP contribution < -0.4 is 10.6 Å². The molecule has 4 heteroatoms.